The number of rotatable bonds is 8. The molecule has 4 N–H and O–H groups in total. The van der Waals surface area contributed by atoms with Crippen LogP contribution in [0.5, 0.6) is 0 Å². The maximum absolute atomic E-state index is 13.5. The fourth-order valence-electron chi connectivity index (χ4n) is 2.05. The fraction of sp³-hybridized carbons (Fsp3) is 0.167. The molecule has 0 aliphatic rings. The molecule has 1 aromatic carbocycles. The minimum absolute atomic E-state index is 0.0192. The van der Waals surface area contributed by atoms with Crippen LogP contribution in [0.4, 0.5) is 10.2 Å². The van der Waals surface area contributed by atoms with Gasteiger partial charge in [-0.2, -0.15) is 8.42 Å². The van der Waals surface area contributed by atoms with E-state index in [4.69, 9.17) is 5.14 Å². The lowest BCUT2D eigenvalue weighted by Crippen LogP contribution is -2.32. The molecule has 0 spiro atoms. The molecule has 150 valence electrons. The lowest BCUT2D eigenvalue weighted by molar-refractivity contribution is 0.102. The molecular formula is C12H11BrFN7O6S. The number of anilines is 1. The highest BCUT2D eigenvalue weighted by Gasteiger charge is 2.23. The minimum Gasteiger partial charge on any atom is -0.363 e. The zero-order valence-electron chi connectivity index (χ0n) is 13.6. The maximum Gasteiger partial charge on any atom is 0.446 e. The molecule has 3 aromatic rings. The highest BCUT2D eigenvalue weighted by atomic mass is 79.9. The molecule has 0 saturated heterocycles. The number of benzene rings is 1. The second kappa shape index (κ2) is 8.15. The van der Waals surface area contributed by atoms with Crippen molar-refractivity contribution in [3.8, 4) is 17.2 Å². The van der Waals surface area contributed by atoms with Gasteiger partial charge in [0.25, 0.3) is 10.2 Å². The van der Waals surface area contributed by atoms with E-state index in [9.17, 15) is 17.6 Å². The maximum atomic E-state index is 13.5. The van der Waals surface area contributed by atoms with Gasteiger partial charge in [0, 0.05) is 6.54 Å². The molecular weight excluding hydrogens is 469 g/mol. The summed E-state index contributed by atoms with van der Waals surface area (Å²) in [4.78, 5) is 18.3. The largest absolute Gasteiger partial charge is 0.446 e. The Labute approximate surface area is 163 Å². The van der Waals surface area contributed by atoms with E-state index in [1.54, 1.807) is 4.89 Å². The average Bonchev–Trinajstić information content (AvgIpc) is 3.22. The Kier molecular flexibility index (Phi) is 5.84. The molecule has 3 rings (SSSR count). The predicted octanol–water partition coefficient (Wildman–Crippen LogP) is -0.0863. The van der Waals surface area contributed by atoms with E-state index < -0.39 is 21.8 Å². The number of hydrogen-bond donors (Lipinski definition) is 3. The van der Waals surface area contributed by atoms with Crippen LogP contribution in [-0.2, 0) is 15.0 Å². The van der Waals surface area contributed by atoms with Crippen LogP contribution in [0.15, 0.2) is 36.6 Å². The summed E-state index contributed by atoms with van der Waals surface area (Å²) in [5, 5.41) is 18.4. The number of halogens is 2. The molecule has 0 unspecified atom stereocenters. The van der Waals surface area contributed by atoms with Crippen LogP contribution in [0.3, 0.4) is 0 Å². The van der Waals surface area contributed by atoms with Crippen molar-refractivity contribution in [2.75, 3.05) is 18.5 Å². The summed E-state index contributed by atoms with van der Waals surface area (Å²) in [6.07, 6.45) is 0. The number of nitrogens with one attached hydrogen (secondary N) is 2. The summed E-state index contributed by atoms with van der Waals surface area (Å²) in [6.45, 7) is -0.0623. The molecule has 0 aliphatic heterocycles. The van der Waals surface area contributed by atoms with Gasteiger partial charge in [-0.3, -0.25) is 9.36 Å². The smallest absolute Gasteiger partial charge is 0.363 e. The second-order valence-corrected chi connectivity index (χ2v) is 7.18. The van der Waals surface area contributed by atoms with Crippen molar-refractivity contribution in [1.82, 2.24) is 24.9 Å². The first-order valence-electron chi connectivity index (χ1n) is 7.28. The van der Waals surface area contributed by atoms with Crippen molar-refractivity contribution < 1.29 is 26.8 Å². The van der Waals surface area contributed by atoms with Gasteiger partial charge < -0.3 is 5.32 Å². The highest BCUT2D eigenvalue weighted by Crippen LogP contribution is 2.25. The van der Waals surface area contributed by atoms with Crippen LogP contribution in [0.25, 0.3) is 17.2 Å². The molecule has 0 atom stereocenters. The van der Waals surface area contributed by atoms with Gasteiger partial charge in [-0.05, 0) is 44.4 Å². The first-order chi connectivity index (χ1) is 13.3. The van der Waals surface area contributed by atoms with E-state index in [2.05, 4.69) is 50.7 Å². The molecule has 28 heavy (non-hydrogen) atoms. The number of nitrogens with zero attached hydrogens (tertiary/aromatic N) is 4. The van der Waals surface area contributed by atoms with Crippen LogP contribution in [-0.4, -0.2) is 41.6 Å². The van der Waals surface area contributed by atoms with Gasteiger partial charge in [0.1, 0.15) is 5.82 Å². The molecule has 2 heterocycles. The van der Waals surface area contributed by atoms with Gasteiger partial charge in [0.05, 0.1) is 16.8 Å². The van der Waals surface area contributed by atoms with Gasteiger partial charge in [-0.15, -0.1) is 0 Å². The summed E-state index contributed by atoms with van der Waals surface area (Å²) in [5.41, 5.74) is 0.273. The van der Waals surface area contributed by atoms with Gasteiger partial charge in [-0.1, -0.05) is 10.0 Å². The van der Waals surface area contributed by atoms with Crippen molar-refractivity contribution >= 4 is 32.0 Å². The van der Waals surface area contributed by atoms with Crippen LogP contribution < -0.4 is 21.1 Å². The van der Waals surface area contributed by atoms with Crippen LogP contribution in [0.1, 0.15) is 0 Å². The Morgan fingerprint density at radius 1 is 1.32 bits per heavy atom. The Morgan fingerprint density at radius 2 is 2.11 bits per heavy atom. The van der Waals surface area contributed by atoms with Gasteiger partial charge >= 0.3 is 5.76 Å². The van der Waals surface area contributed by atoms with E-state index in [1.807, 2.05) is 0 Å². The third-order valence-electron chi connectivity index (χ3n) is 3.14. The highest BCUT2D eigenvalue weighted by molar-refractivity contribution is 9.10. The third-order valence-corrected chi connectivity index (χ3v) is 4.10. The zero-order valence-corrected chi connectivity index (χ0v) is 16.0. The molecule has 0 saturated carbocycles. The van der Waals surface area contributed by atoms with Crippen molar-refractivity contribution in [1.29, 1.82) is 0 Å². The van der Waals surface area contributed by atoms with E-state index in [-0.39, 0.29) is 40.6 Å². The molecule has 0 radical (unpaired) electrons. The van der Waals surface area contributed by atoms with E-state index in [0.717, 1.165) is 10.6 Å². The SMILES string of the molecule is NS(=O)(=O)NOCCNc1nonc1-c1noc(=O)n1-c1ccc(F)c(Br)c1. The Bertz CT molecular complexity index is 1140. The van der Waals surface area contributed by atoms with Gasteiger partial charge in [0.2, 0.25) is 11.6 Å². The quantitative estimate of drug-likeness (QED) is 0.291. The Morgan fingerprint density at radius 3 is 2.82 bits per heavy atom. The predicted molar refractivity (Wildman–Crippen MR) is 93.7 cm³/mol. The monoisotopic (exact) mass is 479 g/mol. The molecule has 16 heteroatoms. The summed E-state index contributed by atoms with van der Waals surface area (Å²) in [5.74, 6) is -1.35. The number of hydrogen-bond acceptors (Lipinski definition) is 10. The summed E-state index contributed by atoms with van der Waals surface area (Å²) in [6, 6.07) is 3.85. The van der Waals surface area contributed by atoms with Gasteiger partial charge in [0.15, 0.2) is 5.69 Å². The average molecular weight is 480 g/mol. The topological polar surface area (TPSA) is 180 Å². The van der Waals surface area contributed by atoms with Crippen LogP contribution in [0, 0.1) is 5.82 Å². The first kappa shape index (κ1) is 20.1. The summed E-state index contributed by atoms with van der Waals surface area (Å²) >= 11 is 3.04. The van der Waals surface area contributed by atoms with Crippen LogP contribution >= 0.6 is 15.9 Å². The van der Waals surface area contributed by atoms with Crippen molar-refractivity contribution in [3.05, 3.63) is 39.0 Å². The van der Waals surface area contributed by atoms with E-state index in [1.165, 1.54) is 12.1 Å². The summed E-state index contributed by atoms with van der Waals surface area (Å²) < 4.78 is 45.3. The lowest BCUT2D eigenvalue weighted by Gasteiger charge is -2.06. The fourth-order valence-corrected chi connectivity index (χ4v) is 2.66. The lowest BCUT2D eigenvalue weighted by atomic mass is 10.3. The molecule has 13 nitrogen and oxygen atoms in total. The standard InChI is InChI=1S/C12H11BrFN7O6S/c13-7-5-6(1-2-8(7)14)21-11(19-26-12(21)22)9-10(18-27-17-9)16-3-4-25-20-28(15,23)24/h1-2,5,20H,3-4H2,(H,16,18)(H2,15,23,24). The number of nitrogens with two attached hydrogens (primary N) is 1. The third kappa shape index (κ3) is 4.60. The van der Waals surface area contributed by atoms with Crippen molar-refractivity contribution in [3.63, 3.8) is 0 Å². The first-order valence-corrected chi connectivity index (χ1v) is 9.62. The molecule has 0 bridgehead atoms. The normalized spacial score (nSPS) is 11.7. The molecule has 0 amide bonds. The molecule has 2 aromatic heterocycles. The zero-order chi connectivity index (χ0) is 20.3. The van der Waals surface area contributed by atoms with Crippen LogP contribution in [0.2, 0.25) is 0 Å². The second-order valence-electron chi connectivity index (χ2n) is 5.07. The molecule has 0 aliphatic carbocycles. The van der Waals surface area contributed by atoms with E-state index >= 15 is 0 Å². The summed E-state index contributed by atoms with van der Waals surface area (Å²) in [7, 11) is -3.99. The molecule has 0 fully saturated rings. The van der Waals surface area contributed by atoms with Crippen molar-refractivity contribution in [2.24, 2.45) is 5.14 Å². The Hall–Kier alpha value is -2.66. The Balaban J connectivity index is 1.81. The van der Waals surface area contributed by atoms with Crippen molar-refractivity contribution in [2.45, 2.75) is 0 Å². The minimum atomic E-state index is -3.99. The van der Waals surface area contributed by atoms with Gasteiger partial charge in [-0.25, -0.2) is 23.5 Å². The van der Waals surface area contributed by atoms with E-state index in [0.29, 0.717) is 0 Å². The number of aromatic nitrogens is 4.